The Balaban J connectivity index is 2.50. The summed E-state index contributed by atoms with van der Waals surface area (Å²) < 4.78 is 0. The number of carboxylic acids is 1. The lowest BCUT2D eigenvalue weighted by molar-refractivity contribution is -0.383. The van der Waals surface area contributed by atoms with Crippen LogP contribution in [0.15, 0.2) is 36.4 Å². The number of nitrogens with zero attached hydrogens (tertiary/aromatic N) is 1. The Morgan fingerprint density at radius 2 is 1.86 bits per heavy atom. The van der Waals surface area contributed by atoms with Gasteiger partial charge in [-0.2, -0.15) is 0 Å². The second kappa shape index (κ2) is 5.62. The predicted octanol–water partition coefficient (Wildman–Crippen LogP) is 3.65. The van der Waals surface area contributed by atoms with Gasteiger partial charge in [0.05, 0.1) is 10.5 Å². The van der Waals surface area contributed by atoms with Crippen LogP contribution in [-0.4, -0.2) is 16.0 Å². The lowest BCUT2D eigenvalue weighted by Gasteiger charge is -2.11. The molecule has 6 heteroatoms. The summed E-state index contributed by atoms with van der Waals surface area (Å²) in [4.78, 5) is 21.5. The summed E-state index contributed by atoms with van der Waals surface area (Å²) >= 11 is 0. The highest BCUT2D eigenvalue weighted by atomic mass is 16.6. The number of nitro benzene ring substituents is 1. The average molecular weight is 286 g/mol. The number of aryl methyl sites for hydroxylation is 2. The van der Waals surface area contributed by atoms with E-state index in [9.17, 15) is 14.9 Å². The van der Waals surface area contributed by atoms with Crippen LogP contribution in [0.1, 0.15) is 21.5 Å². The van der Waals surface area contributed by atoms with Crippen LogP contribution in [0.5, 0.6) is 0 Å². The van der Waals surface area contributed by atoms with Crippen molar-refractivity contribution < 1.29 is 14.8 Å². The molecule has 0 amide bonds. The van der Waals surface area contributed by atoms with E-state index in [2.05, 4.69) is 5.32 Å². The Morgan fingerprint density at radius 3 is 2.48 bits per heavy atom. The molecule has 2 N–H and O–H groups in total. The van der Waals surface area contributed by atoms with E-state index in [-0.39, 0.29) is 16.9 Å². The molecule has 0 aliphatic rings. The zero-order valence-corrected chi connectivity index (χ0v) is 11.6. The highest BCUT2D eigenvalue weighted by molar-refractivity contribution is 5.90. The Hall–Kier alpha value is -2.89. The minimum atomic E-state index is -1.13. The lowest BCUT2D eigenvalue weighted by Crippen LogP contribution is -2.02. The molecule has 0 aliphatic heterocycles. The van der Waals surface area contributed by atoms with Gasteiger partial charge in [0, 0.05) is 11.8 Å². The van der Waals surface area contributed by atoms with Crippen molar-refractivity contribution in [3.05, 3.63) is 63.2 Å². The van der Waals surface area contributed by atoms with E-state index in [1.54, 1.807) is 0 Å². The first-order valence-electron chi connectivity index (χ1n) is 6.24. The molecule has 0 fully saturated rings. The van der Waals surface area contributed by atoms with Crippen LogP contribution in [0.2, 0.25) is 0 Å². The van der Waals surface area contributed by atoms with Gasteiger partial charge >= 0.3 is 5.97 Å². The van der Waals surface area contributed by atoms with Crippen molar-refractivity contribution in [3.8, 4) is 0 Å². The molecule has 2 aromatic carbocycles. The fraction of sp³-hybridized carbons (Fsp3) is 0.133. The summed E-state index contributed by atoms with van der Waals surface area (Å²) in [5.74, 6) is -1.13. The van der Waals surface area contributed by atoms with Crippen molar-refractivity contribution in [2.75, 3.05) is 5.32 Å². The maximum absolute atomic E-state index is 11.1. The monoisotopic (exact) mass is 286 g/mol. The number of carbonyl (C=O) groups is 1. The Morgan fingerprint density at radius 1 is 1.14 bits per heavy atom. The fourth-order valence-corrected chi connectivity index (χ4v) is 1.94. The van der Waals surface area contributed by atoms with Crippen LogP contribution < -0.4 is 5.32 Å². The Bertz CT molecular complexity index is 726. The third-order valence-corrected chi connectivity index (χ3v) is 3.10. The molecule has 0 aliphatic carbocycles. The summed E-state index contributed by atoms with van der Waals surface area (Å²) in [5.41, 5.74) is 2.61. The molecule has 0 saturated heterocycles. The summed E-state index contributed by atoms with van der Waals surface area (Å²) in [7, 11) is 0. The van der Waals surface area contributed by atoms with E-state index >= 15 is 0 Å². The molecule has 6 nitrogen and oxygen atoms in total. The van der Waals surface area contributed by atoms with Gasteiger partial charge in [-0.15, -0.1) is 0 Å². The number of rotatable bonds is 4. The maximum Gasteiger partial charge on any atom is 0.335 e. The Labute approximate surface area is 121 Å². The first-order chi connectivity index (χ1) is 9.88. The second-order valence-corrected chi connectivity index (χ2v) is 4.74. The van der Waals surface area contributed by atoms with Gasteiger partial charge in [0.25, 0.3) is 5.69 Å². The van der Waals surface area contributed by atoms with Crippen LogP contribution >= 0.6 is 0 Å². The lowest BCUT2D eigenvalue weighted by atomic mass is 10.1. The van der Waals surface area contributed by atoms with Gasteiger partial charge in [0.15, 0.2) is 0 Å². The molecule has 108 valence electrons. The molecule has 0 heterocycles. The van der Waals surface area contributed by atoms with Crippen LogP contribution in [0, 0.1) is 24.0 Å². The predicted molar refractivity (Wildman–Crippen MR) is 79.3 cm³/mol. The van der Waals surface area contributed by atoms with Gasteiger partial charge in [-0.25, -0.2) is 4.79 Å². The largest absolute Gasteiger partial charge is 0.478 e. The number of aromatic carboxylic acids is 1. The third-order valence-electron chi connectivity index (χ3n) is 3.10. The van der Waals surface area contributed by atoms with Crippen molar-refractivity contribution >= 4 is 23.0 Å². The molecular weight excluding hydrogens is 272 g/mol. The standard InChI is InChI=1S/C15H14N2O4/c1-9-3-4-10(2)12(7-9)16-13-8-11(15(18)19)5-6-14(13)17(20)21/h3-8,16H,1-2H3,(H,18,19). The Kier molecular flexibility index (Phi) is 3.89. The summed E-state index contributed by atoms with van der Waals surface area (Å²) in [6.45, 7) is 3.78. The van der Waals surface area contributed by atoms with E-state index in [1.807, 2.05) is 32.0 Å². The van der Waals surface area contributed by atoms with E-state index in [0.717, 1.165) is 11.1 Å². The molecule has 0 atom stereocenters. The first-order valence-corrected chi connectivity index (χ1v) is 6.24. The number of hydrogen-bond acceptors (Lipinski definition) is 4. The molecule has 21 heavy (non-hydrogen) atoms. The molecule has 2 rings (SSSR count). The smallest absolute Gasteiger partial charge is 0.335 e. The number of hydrogen-bond donors (Lipinski definition) is 2. The van der Waals surface area contributed by atoms with Gasteiger partial charge in [-0.3, -0.25) is 10.1 Å². The zero-order chi connectivity index (χ0) is 15.6. The van der Waals surface area contributed by atoms with Crippen molar-refractivity contribution in [2.45, 2.75) is 13.8 Å². The number of anilines is 2. The van der Waals surface area contributed by atoms with Crippen LogP contribution in [-0.2, 0) is 0 Å². The fourth-order valence-electron chi connectivity index (χ4n) is 1.94. The number of carboxylic acid groups (broad SMARTS) is 1. The van der Waals surface area contributed by atoms with Crippen LogP contribution in [0.4, 0.5) is 17.1 Å². The zero-order valence-electron chi connectivity index (χ0n) is 11.6. The van der Waals surface area contributed by atoms with Crippen molar-refractivity contribution in [3.63, 3.8) is 0 Å². The molecular formula is C15H14N2O4. The van der Waals surface area contributed by atoms with E-state index in [0.29, 0.717) is 5.69 Å². The van der Waals surface area contributed by atoms with Gasteiger partial charge < -0.3 is 10.4 Å². The SMILES string of the molecule is Cc1ccc(C)c(Nc2cc(C(=O)O)ccc2[N+](=O)[O-])c1. The molecule has 0 unspecified atom stereocenters. The highest BCUT2D eigenvalue weighted by Gasteiger charge is 2.17. The van der Waals surface area contributed by atoms with Gasteiger partial charge in [-0.1, -0.05) is 12.1 Å². The summed E-state index contributed by atoms with van der Waals surface area (Å²) in [5, 5.41) is 23.0. The topological polar surface area (TPSA) is 92.5 Å². The quantitative estimate of drug-likeness (QED) is 0.661. The third kappa shape index (κ3) is 3.17. The van der Waals surface area contributed by atoms with Crippen molar-refractivity contribution in [2.24, 2.45) is 0 Å². The normalized spacial score (nSPS) is 10.2. The highest BCUT2D eigenvalue weighted by Crippen LogP contribution is 2.30. The summed E-state index contributed by atoms with van der Waals surface area (Å²) in [6, 6.07) is 9.35. The minimum absolute atomic E-state index is 0.00611. The summed E-state index contributed by atoms with van der Waals surface area (Å²) in [6.07, 6.45) is 0. The molecule has 0 spiro atoms. The van der Waals surface area contributed by atoms with Crippen LogP contribution in [0.25, 0.3) is 0 Å². The van der Waals surface area contributed by atoms with E-state index in [4.69, 9.17) is 5.11 Å². The van der Waals surface area contributed by atoms with Crippen molar-refractivity contribution in [1.29, 1.82) is 0 Å². The molecule has 0 radical (unpaired) electrons. The van der Waals surface area contributed by atoms with Crippen LogP contribution in [0.3, 0.4) is 0 Å². The first kappa shape index (κ1) is 14.5. The number of benzene rings is 2. The average Bonchev–Trinajstić information content (AvgIpc) is 2.42. The number of nitro groups is 1. The molecule has 0 bridgehead atoms. The second-order valence-electron chi connectivity index (χ2n) is 4.74. The molecule has 0 saturated carbocycles. The minimum Gasteiger partial charge on any atom is -0.478 e. The van der Waals surface area contributed by atoms with E-state index in [1.165, 1.54) is 18.2 Å². The number of nitrogens with one attached hydrogen (secondary N) is 1. The maximum atomic E-state index is 11.1. The van der Waals surface area contributed by atoms with E-state index < -0.39 is 10.9 Å². The van der Waals surface area contributed by atoms with Gasteiger partial charge in [-0.05, 0) is 43.2 Å². The van der Waals surface area contributed by atoms with Gasteiger partial charge in [0.1, 0.15) is 5.69 Å². The molecule has 0 aromatic heterocycles. The van der Waals surface area contributed by atoms with Crippen molar-refractivity contribution in [1.82, 2.24) is 0 Å². The molecule has 2 aromatic rings. The van der Waals surface area contributed by atoms with Gasteiger partial charge in [0.2, 0.25) is 0 Å².